The van der Waals surface area contributed by atoms with Crippen LogP contribution in [0.3, 0.4) is 0 Å². The van der Waals surface area contributed by atoms with Gasteiger partial charge in [-0.2, -0.15) is 0 Å². The Balaban J connectivity index is 1.99. The average molecular weight is 359 g/mol. The van der Waals surface area contributed by atoms with E-state index in [1.165, 1.54) is 0 Å². The van der Waals surface area contributed by atoms with Crippen molar-refractivity contribution in [2.45, 2.75) is 32.4 Å². The molecule has 1 amide bonds. The van der Waals surface area contributed by atoms with Crippen molar-refractivity contribution in [2.75, 3.05) is 19.7 Å². The second-order valence-corrected chi connectivity index (χ2v) is 6.45. The molecule has 0 aromatic carbocycles. The molecule has 0 saturated carbocycles. The lowest BCUT2D eigenvalue weighted by molar-refractivity contribution is -0.160. The highest BCUT2D eigenvalue weighted by Gasteiger charge is 2.43. The molecule has 2 rings (SSSR count). The third-order valence-electron chi connectivity index (χ3n) is 3.43. The van der Waals surface area contributed by atoms with Gasteiger partial charge in [0.25, 0.3) is 5.91 Å². The summed E-state index contributed by atoms with van der Waals surface area (Å²) in [4.78, 5) is 24.7. The molecular formula is C14H19BrN2O4. The number of amides is 1. The first-order valence-corrected chi connectivity index (χ1v) is 7.64. The molecule has 0 atom stereocenters. The van der Waals surface area contributed by atoms with Gasteiger partial charge in [-0.15, -0.1) is 0 Å². The number of likely N-dealkylation sites (tertiary alicyclic amines) is 1. The Labute approximate surface area is 131 Å². The molecule has 0 radical (unpaired) electrons. The van der Waals surface area contributed by atoms with Crippen LogP contribution >= 0.6 is 15.9 Å². The minimum Gasteiger partial charge on any atom is -0.480 e. The highest BCUT2D eigenvalue weighted by atomic mass is 79.9. The molecule has 0 aliphatic carbocycles. The van der Waals surface area contributed by atoms with Gasteiger partial charge in [0.1, 0.15) is 17.9 Å². The van der Waals surface area contributed by atoms with Crippen molar-refractivity contribution in [2.24, 2.45) is 0 Å². The predicted octanol–water partition coefficient (Wildman–Crippen LogP) is 1.98. The fourth-order valence-electron chi connectivity index (χ4n) is 2.47. The van der Waals surface area contributed by atoms with E-state index in [0.717, 1.165) is 17.4 Å². The lowest BCUT2D eigenvalue weighted by Gasteiger charge is -2.47. The number of aromatic nitrogens is 1. The summed E-state index contributed by atoms with van der Waals surface area (Å²) in [7, 11) is 0. The molecule has 0 spiro atoms. The molecule has 21 heavy (non-hydrogen) atoms. The maximum atomic E-state index is 12.5. The summed E-state index contributed by atoms with van der Waals surface area (Å²) in [5, 5.41) is 8.63. The molecule has 1 N–H and O–H groups in total. The van der Waals surface area contributed by atoms with E-state index in [4.69, 9.17) is 9.84 Å². The van der Waals surface area contributed by atoms with Gasteiger partial charge in [0.15, 0.2) is 0 Å². The predicted molar refractivity (Wildman–Crippen MR) is 80.3 cm³/mol. The van der Waals surface area contributed by atoms with Gasteiger partial charge in [0, 0.05) is 17.2 Å². The highest BCUT2D eigenvalue weighted by molar-refractivity contribution is 9.10. The van der Waals surface area contributed by atoms with Crippen LogP contribution in [0, 0.1) is 0 Å². The summed E-state index contributed by atoms with van der Waals surface area (Å²) in [5.74, 6) is -1.05. The van der Waals surface area contributed by atoms with Gasteiger partial charge < -0.3 is 19.3 Å². The van der Waals surface area contributed by atoms with Gasteiger partial charge in [0.2, 0.25) is 0 Å². The summed E-state index contributed by atoms with van der Waals surface area (Å²) < 4.78 is 8.13. The van der Waals surface area contributed by atoms with E-state index >= 15 is 0 Å². The first kappa shape index (κ1) is 16.0. The lowest BCUT2D eigenvalue weighted by Crippen LogP contribution is -2.63. The van der Waals surface area contributed by atoms with E-state index < -0.39 is 11.6 Å². The standard InChI is InChI=1S/C14H19BrN2O4/c1-3-4-16-6-10(15)5-11(16)13(20)17-8-14(2,9-17)21-7-12(18)19/h5-6H,3-4,7-9H2,1-2H3,(H,18,19). The molecule has 7 heteroatoms. The number of carboxylic acid groups (broad SMARTS) is 1. The lowest BCUT2D eigenvalue weighted by atomic mass is 9.96. The molecule has 1 aliphatic rings. The van der Waals surface area contributed by atoms with Crippen LogP contribution in [0.2, 0.25) is 0 Å². The second-order valence-electron chi connectivity index (χ2n) is 5.53. The van der Waals surface area contributed by atoms with Crippen molar-refractivity contribution in [3.05, 3.63) is 22.4 Å². The first-order chi connectivity index (χ1) is 9.84. The van der Waals surface area contributed by atoms with E-state index in [1.54, 1.807) is 4.90 Å². The van der Waals surface area contributed by atoms with E-state index in [2.05, 4.69) is 22.9 Å². The van der Waals surface area contributed by atoms with Crippen molar-refractivity contribution in [1.29, 1.82) is 0 Å². The summed E-state index contributed by atoms with van der Waals surface area (Å²) in [6.45, 7) is 5.15. The van der Waals surface area contributed by atoms with E-state index in [9.17, 15) is 9.59 Å². The zero-order chi connectivity index (χ0) is 15.6. The molecule has 1 saturated heterocycles. The van der Waals surface area contributed by atoms with Crippen LogP contribution in [0.15, 0.2) is 16.7 Å². The molecule has 6 nitrogen and oxygen atoms in total. The smallest absolute Gasteiger partial charge is 0.329 e. The molecule has 2 heterocycles. The monoisotopic (exact) mass is 358 g/mol. The Morgan fingerprint density at radius 3 is 2.71 bits per heavy atom. The molecule has 0 bridgehead atoms. The number of nitrogens with zero attached hydrogens (tertiary/aromatic N) is 2. The molecule has 1 fully saturated rings. The normalized spacial score (nSPS) is 16.6. The quantitative estimate of drug-likeness (QED) is 0.843. The molecule has 1 aliphatic heterocycles. The topological polar surface area (TPSA) is 71.8 Å². The zero-order valence-corrected chi connectivity index (χ0v) is 13.7. The van der Waals surface area contributed by atoms with E-state index in [-0.39, 0.29) is 12.5 Å². The van der Waals surface area contributed by atoms with Crippen LogP contribution in [-0.4, -0.2) is 51.7 Å². The zero-order valence-electron chi connectivity index (χ0n) is 12.1. The summed E-state index contributed by atoms with van der Waals surface area (Å²) >= 11 is 3.39. The number of carbonyl (C=O) groups excluding carboxylic acids is 1. The van der Waals surface area contributed by atoms with Crippen molar-refractivity contribution >= 4 is 27.8 Å². The Hall–Kier alpha value is -1.34. The maximum Gasteiger partial charge on any atom is 0.329 e. The third kappa shape index (κ3) is 3.65. The number of halogens is 1. The van der Waals surface area contributed by atoms with Crippen molar-refractivity contribution in [3.63, 3.8) is 0 Å². The van der Waals surface area contributed by atoms with Gasteiger partial charge in [0.05, 0.1) is 13.1 Å². The van der Waals surface area contributed by atoms with Crippen LogP contribution in [0.1, 0.15) is 30.8 Å². The van der Waals surface area contributed by atoms with Gasteiger partial charge in [-0.3, -0.25) is 4.79 Å². The number of hydrogen-bond acceptors (Lipinski definition) is 3. The fraction of sp³-hybridized carbons (Fsp3) is 0.571. The van der Waals surface area contributed by atoms with Gasteiger partial charge in [-0.25, -0.2) is 4.79 Å². The second kappa shape index (κ2) is 6.19. The van der Waals surface area contributed by atoms with Crippen LogP contribution in [0.5, 0.6) is 0 Å². The van der Waals surface area contributed by atoms with Crippen LogP contribution in [-0.2, 0) is 16.1 Å². The summed E-state index contributed by atoms with van der Waals surface area (Å²) in [5.41, 5.74) is 0.0806. The highest BCUT2D eigenvalue weighted by Crippen LogP contribution is 2.27. The minimum atomic E-state index is -0.998. The molecule has 0 unspecified atom stereocenters. The van der Waals surface area contributed by atoms with Crippen LogP contribution < -0.4 is 0 Å². The summed E-state index contributed by atoms with van der Waals surface area (Å²) in [6, 6.07) is 1.81. The number of carboxylic acids is 1. The number of rotatable bonds is 6. The van der Waals surface area contributed by atoms with Crippen LogP contribution in [0.4, 0.5) is 0 Å². The van der Waals surface area contributed by atoms with Gasteiger partial charge in [-0.05, 0) is 35.3 Å². The molecule has 116 valence electrons. The largest absolute Gasteiger partial charge is 0.480 e. The van der Waals surface area contributed by atoms with Crippen LogP contribution in [0.25, 0.3) is 0 Å². The van der Waals surface area contributed by atoms with Crippen molar-refractivity contribution < 1.29 is 19.4 Å². The van der Waals surface area contributed by atoms with Crippen molar-refractivity contribution in [3.8, 4) is 0 Å². The van der Waals surface area contributed by atoms with Gasteiger partial charge in [-0.1, -0.05) is 6.92 Å². The van der Waals surface area contributed by atoms with Crippen molar-refractivity contribution in [1.82, 2.24) is 9.47 Å². The Morgan fingerprint density at radius 1 is 1.48 bits per heavy atom. The molecule has 1 aromatic heterocycles. The first-order valence-electron chi connectivity index (χ1n) is 6.85. The van der Waals surface area contributed by atoms with E-state index in [0.29, 0.717) is 18.8 Å². The van der Waals surface area contributed by atoms with E-state index in [1.807, 2.05) is 23.8 Å². The average Bonchev–Trinajstić information content (AvgIpc) is 2.74. The Bertz CT molecular complexity index is 549. The molecule has 1 aromatic rings. The third-order valence-corrected chi connectivity index (χ3v) is 3.86. The number of ether oxygens (including phenoxy) is 1. The Kier molecular flexibility index (Phi) is 4.73. The molecular weight excluding hydrogens is 340 g/mol. The maximum absolute atomic E-state index is 12.5. The number of aryl methyl sites for hydroxylation is 1. The SMILES string of the molecule is CCCn1cc(Br)cc1C(=O)N1CC(C)(OCC(=O)O)C1. The number of aliphatic carboxylic acids is 1. The number of hydrogen-bond donors (Lipinski definition) is 1. The fourth-order valence-corrected chi connectivity index (χ4v) is 2.94. The minimum absolute atomic E-state index is 0.0504. The van der Waals surface area contributed by atoms with Gasteiger partial charge >= 0.3 is 5.97 Å². The summed E-state index contributed by atoms with van der Waals surface area (Å²) in [6.07, 6.45) is 2.84. The number of carbonyl (C=O) groups is 2. The Morgan fingerprint density at radius 2 is 2.14 bits per heavy atom.